The van der Waals surface area contributed by atoms with Gasteiger partial charge in [0.05, 0.1) is 5.52 Å². The minimum atomic E-state index is 0.532. The maximum absolute atomic E-state index is 4.83. The van der Waals surface area contributed by atoms with Gasteiger partial charge in [0.2, 0.25) is 5.95 Å². The molecule has 0 amide bonds. The van der Waals surface area contributed by atoms with Crippen LogP contribution in [0.25, 0.3) is 10.9 Å². The summed E-state index contributed by atoms with van der Waals surface area (Å²) in [6.07, 6.45) is 11.6. The molecule has 23 heavy (non-hydrogen) atoms. The molecule has 2 fully saturated rings. The van der Waals surface area contributed by atoms with Crippen LogP contribution in [0.2, 0.25) is 0 Å². The van der Waals surface area contributed by atoms with E-state index in [1.807, 2.05) is 0 Å². The van der Waals surface area contributed by atoms with Crippen LogP contribution in [0.15, 0.2) is 24.3 Å². The Morgan fingerprint density at radius 3 is 2.17 bits per heavy atom. The topological polar surface area (TPSA) is 49.8 Å². The molecule has 0 atom stereocenters. The van der Waals surface area contributed by atoms with E-state index in [9.17, 15) is 0 Å². The van der Waals surface area contributed by atoms with Gasteiger partial charge in [-0.3, -0.25) is 0 Å². The van der Waals surface area contributed by atoms with Crippen LogP contribution in [0.3, 0.4) is 0 Å². The van der Waals surface area contributed by atoms with E-state index in [-0.39, 0.29) is 0 Å². The average Bonchev–Trinajstić information content (AvgIpc) is 3.09. The molecule has 0 unspecified atom stereocenters. The Bertz CT molecular complexity index is 657. The fraction of sp³-hybridized carbons (Fsp3) is 0.579. The van der Waals surface area contributed by atoms with E-state index in [0.29, 0.717) is 12.1 Å². The molecule has 0 bridgehead atoms. The smallest absolute Gasteiger partial charge is 0.225 e. The number of hydrogen-bond donors (Lipinski definition) is 2. The van der Waals surface area contributed by atoms with Crippen molar-refractivity contribution < 1.29 is 0 Å². The van der Waals surface area contributed by atoms with Crippen molar-refractivity contribution in [1.82, 2.24) is 9.97 Å². The van der Waals surface area contributed by atoms with Crippen molar-refractivity contribution in [2.45, 2.75) is 69.9 Å². The number of fused-ring (bicyclic) bond motifs is 1. The van der Waals surface area contributed by atoms with Crippen LogP contribution in [0.1, 0.15) is 57.8 Å². The zero-order valence-corrected chi connectivity index (χ0v) is 13.7. The highest BCUT2D eigenvalue weighted by atomic mass is 15.2. The van der Waals surface area contributed by atoms with Gasteiger partial charge < -0.3 is 10.6 Å². The van der Waals surface area contributed by atoms with Crippen molar-refractivity contribution in [1.29, 1.82) is 0 Å². The second-order valence-corrected chi connectivity index (χ2v) is 7.02. The van der Waals surface area contributed by atoms with E-state index in [1.54, 1.807) is 0 Å². The molecule has 2 saturated carbocycles. The number of benzene rings is 1. The van der Waals surface area contributed by atoms with Gasteiger partial charge in [0.25, 0.3) is 0 Å². The molecule has 4 nitrogen and oxygen atoms in total. The van der Waals surface area contributed by atoms with E-state index in [1.165, 1.54) is 57.8 Å². The standard InChI is InChI=1S/C19H26N4/c1-2-8-15(9-3-1)21-19-22-17-13-7-6-12-16(17)18(23-19)20-14-10-4-5-11-14/h6-7,12-15H,1-5,8-11H2,(H2,20,21,22,23). The molecule has 4 heteroatoms. The van der Waals surface area contributed by atoms with E-state index < -0.39 is 0 Å². The number of aromatic nitrogens is 2. The fourth-order valence-corrected chi connectivity index (χ4v) is 3.94. The highest BCUT2D eigenvalue weighted by molar-refractivity contribution is 5.90. The fourth-order valence-electron chi connectivity index (χ4n) is 3.94. The molecular formula is C19H26N4. The molecule has 0 spiro atoms. The van der Waals surface area contributed by atoms with E-state index in [2.05, 4.69) is 34.9 Å². The lowest BCUT2D eigenvalue weighted by Gasteiger charge is -2.23. The third kappa shape index (κ3) is 3.41. The van der Waals surface area contributed by atoms with Crippen LogP contribution < -0.4 is 10.6 Å². The number of nitrogens with one attached hydrogen (secondary N) is 2. The molecule has 2 aromatic rings. The number of anilines is 2. The van der Waals surface area contributed by atoms with Crippen LogP contribution >= 0.6 is 0 Å². The lowest BCUT2D eigenvalue weighted by atomic mass is 9.96. The summed E-state index contributed by atoms with van der Waals surface area (Å²) in [4.78, 5) is 9.57. The first kappa shape index (κ1) is 14.7. The number of hydrogen-bond acceptors (Lipinski definition) is 4. The van der Waals surface area contributed by atoms with Gasteiger partial charge in [-0.2, -0.15) is 4.98 Å². The van der Waals surface area contributed by atoms with Crippen LogP contribution in [-0.2, 0) is 0 Å². The Morgan fingerprint density at radius 1 is 0.739 bits per heavy atom. The molecule has 2 aliphatic rings. The minimum Gasteiger partial charge on any atom is -0.367 e. The highest BCUT2D eigenvalue weighted by Crippen LogP contribution is 2.28. The highest BCUT2D eigenvalue weighted by Gasteiger charge is 2.19. The molecule has 1 aromatic heterocycles. The Balaban J connectivity index is 1.62. The zero-order valence-electron chi connectivity index (χ0n) is 13.7. The van der Waals surface area contributed by atoms with Crippen molar-refractivity contribution in [3.63, 3.8) is 0 Å². The Labute approximate surface area is 138 Å². The molecule has 4 rings (SSSR count). The Morgan fingerprint density at radius 2 is 1.39 bits per heavy atom. The molecular weight excluding hydrogens is 284 g/mol. The van der Waals surface area contributed by atoms with Crippen molar-refractivity contribution in [3.05, 3.63) is 24.3 Å². The van der Waals surface area contributed by atoms with Gasteiger partial charge in [-0.15, -0.1) is 0 Å². The van der Waals surface area contributed by atoms with E-state index >= 15 is 0 Å². The van der Waals surface area contributed by atoms with E-state index in [0.717, 1.165) is 22.7 Å². The van der Waals surface area contributed by atoms with E-state index in [4.69, 9.17) is 9.97 Å². The largest absolute Gasteiger partial charge is 0.367 e. The summed E-state index contributed by atoms with van der Waals surface area (Å²) in [7, 11) is 0. The van der Waals surface area contributed by atoms with Gasteiger partial charge in [0, 0.05) is 17.5 Å². The maximum Gasteiger partial charge on any atom is 0.225 e. The number of para-hydroxylation sites is 1. The first-order chi connectivity index (χ1) is 11.4. The number of rotatable bonds is 4. The predicted octanol–water partition coefficient (Wildman–Crippen LogP) is 4.73. The lowest BCUT2D eigenvalue weighted by molar-refractivity contribution is 0.461. The molecule has 2 aliphatic carbocycles. The third-order valence-corrected chi connectivity index (χ3v) is 5.24. The Hall–Kier alpha value is -1.84. The van der Waals surface area contributed by atoms with Gasteiger partial charge in [0.1, 0.15) is 5.82 Å². The first-order valence-electron chi connectivity index (χ1n) is 9.18. The second kappa shape index (κ2) is 6.73. The summed E-state index contributed by atoms with van der Waals surface area (Å²) in [5.74, 6) is 1.79. The minimum absolute atomic E-state index is 0.532. The Kier molecular flexibility index (Phi) is 4.31. The van der Waals surface area contributed by atoms with Crippen molar-refractivity contribution in [2.24, 2.45) is 0 Å². The molecule has 0 aliphatic heterocycles. The summed E-state index contributed by atoms with van der Waals surface area (Å²) in [5, 5.41) is 8.38. The predicted molar refractivity (Wildman–Crippen MR) is 95.9 cm³/mol. The molecule has 2 N–H and O–H groups in total. The average molecular weight is 310 g/mol. The number of nitrogens with zero attached hydrogens (tertiary/aromatic N) is 2. The van der Waals surface area contributed by atoms with Gasteiger partial charge in [0.15, 0.2) is 0 Å². The lowest BCUT2D eigenvalue weighted by Crippen LogP contribution is -2.24. The molecule has 1 aromatic carbocycles. The molecule has 122 valence electrons. The van der Waals surface area contributed by atoms with Crippen LogP contribution in [-0.4, -0.2) is 22.1 Å². The summed E-state index contributed by atoms with van der Waals surface area (Å²) in [5.41, 5.74) is 1.03. The monoisotopic (exact) mass is 310 g/mol. The van der Waals surface area contributed by atoms with Gasteiger partial charge in [-0.1, -0.05) is 44.2 Å². The summed E-state index contributed by atoms with van der Waals surface area (Å²) < 4.78 is 0. The van der Waals surface area contributed by atoms with Gasteiger partial charge in [-0.05, 0) is 37.8 Å². The molecule has 0 radical (unpaired) electrons. The maximum atomic E-state index is 4.83. The van der Waals surface area contributed by atoms with Crippen LogP contribution in [0.4, 0.5) is 11.8 Å². The van der Waals surface area contributed by atoms with Gasteiger partial charge >= 0.3 is 0 Å². The second-order valence-electron chi connectivity index (χ2n) is 7.02. The first-order valence-corrected chi connectivity index (χ1v) is 9.18. The van der Waals surface area contributed by atoms with Crippen molar-refractivity contribution in [2.75, 3.05) is 10.6 Å². The summed E-state index contributed by atoms with van der Waals surface area (Å²) in [6.45, 7) is 0. The quantitative estimate of drug-likeness (QED) is 0.857. The van der Waals surface area contributed by atoms with Gasteiger partial charge in [-0.25, -0.2) is 4.98 Å². The normalized spacial score (nSPS) is 20.0. The summed E-state index contributed by atoms with van der Waals surface area (Å²) >= 11 is 0. The third-order valence-electron chi connectivity index (χ3n) is 5.24. The molecule has 0 saturated heterocycles. The zero-order chi connectivity index (χ0) is 15.5. The van der Waals surface area contributed by atoms with Crippen LogP contribution in [0.5, 0.6) is 0 Å². The molecule has 1 heterocycles. The SMILES string of the molecule is c1ccc2c(NC3CCCC3)nc(NC3CCCCC3)nc2c1. The van der Waals surface area contributed by atoms with Crippen molar-refractivity contribution in [3.8, 4) is 0 Å². The van der Waals surface area contributed by atoms with Crippen molar-refractivity contribution >= 4 is 22.7 Å². The summed E-state index contributed by atoms with van der Waals surface area (Å²) in [6, 6.07) is 9.43. The van der Waals surface area contributed by atoms with Crippen LogP contribution in [0, 0.1) is 0 Å².